The van der Waals surface area contributed by atoms with Gasteiger partial charge in [-0.15, -0.1) is 0 Å². The first-order valence-electron chi connectivity index (χ1n) is 5.10. The van der Waals surface area contributed by atoms with Crippen LogP contribution >= 0.6 is 0 Å². The van der Waals surface area contributed by atoms with E-state index in [2.05, 4.69) is 12.1 Å². The van der Waals surface area contributed by atoms with Gasteiger partial charge in [-0.2, -0.15) is 0 Å². The monoisotopic (exact) mass is 207 g/mol. The quantitative estimate of drug-likeness (QED) is 0.704. The average molecular weight is 207 g/mol. The normalized spacial score (nSPS) is 10.5. The van der Waals surface area contributed by atoms with Crippen molar-refractivity contribution < 1.29 is 4.79 Å². The Morgan fingerprint density at radius 3 is 2.31 bits per heavy atom. The van der Waals surface area contributed by atoms with Gasteiger partial charge in [-0.3, -0.25) is 4.79 Å². The molecule has 1 radical (unpaired) electrons. The highest BCUT2D eigenvalue weighted by Crippen LogP contribution is 2.23. The first-order valence-corrected chi connectivity index (χ1v) is 5.10. The zero-order valence-corrected chi connectivity index (χ0v) is 8.76. The molecule has 0 N–H and O–H groups in total. The molecule has 0 amide bonds. The Morgan fingerprint density at radius 1 is 0.875 bits per heavy atom. The summed E-state index contributed by atoms with van der Waals surface area (Å²) in [4.78, 5) is 10.2. The minimum Gasteiger partial charge on any atom is -0.286 e. The molecule has 0 saturated carbocycles. The summed E-state index contributed by atoms with van der Waals surface area (Å²) in [6, 6.07) is 18.1. The van der Waals surface area contributed by atoms with E-state index in [1.807, 2.05) is 42.5 Å². The Hall–Kier alpha value is -2.15. The van der Waals surface area contributed by atoms with E-state index in [9.17, 15) is 4.79 Å². The molecule has 0 unspecified atom stereocenters. The fraction of sp³-hybridized carbons (Fsp3) is 0. The lowest BCUT2D eigenvalue weighted by molar-refractivity contribution is 0.564. The highest BCUT2D eigenvalue weighted by Gasteiger charge is 2.00. The van der Waals surface area contributed by atoms with Crippen molar-refractivity contribution in [2.75, 3.05) is 0 Å². The lowest BCUT2D eigenvalue weighted by Gasteiger charge is -2.05. The van der Waals surface area contributed by atoms with Crippen LogP contribution in [0.3, 0.4) is 0 Å². The second-order valence-electron chi connectivity index (χ2n) is 3.40. The molecule has 0 aromatic heterocycles. The van der Waals surface area contributed by atoms with Gasteiger partial charge in [-0.05, 0) is 22.8 Å². The van der Waals surface area contributed by atoms with Gasteiger partial charge in [-0.1, -0.05) is 60.7 Å². The van der Waals surface area contributed by atoms with Gasteiger partial charge in [0.2, 0.25) is 6.29 Å². The summed E-state index contributed by atoms with van der Waals surface area (Å²) in [5.41, 5.74) is 3.29. The molecule has 0 atom stereocenters. The number of allylic oxidation sites excluding steroid dienone is 1. The summed E-state index contributed by atoms with van der Waals surface area (Å²) in [6.45, 7) is 0. The Bertz CT molecular complexity index is 498. The summed E-state index contributed by atoms with van der Waals surface area (Å²) in [5, 5.41) is 0. The Labute approximate surface area is 95.1 Å². The van der Waals surface area contributed by atoms with Crippen LogP contribution in [0.15, 0.2) is 60.7 Å². The average Bonchev–Trinajstić information content (AvgIpc) is 2.38. The molecule has 0 bridgehead atoms. The van der Waals surface area contributed by atoms with Crippen molar-refractivity contribution in [3.8, 4) is 11.1 Å². The molecule has 2 aromatic carbocycles. The van der Waals surface area contributed by atoms with Gasteiger partial charge in [0.1, 0.15) is 0 Å². The second-order valence-corrected chi connectivity index (χ2v) is 3.40. The van der Waals surface area contributed by atoms with Crippen LogP contribution in [-0.4, -0.2) is 6.29 Å². The third kappa shape index (κ3) is 2.26. The van der Waals surface area contributed by atoms with Crippen molar-refractivity contribution in [1.29, 1.82) is 0 Å². The van der Waals surface area contributed by atoms with E-state index in [-0.39, 0.29) is 0 Å². The third-order valence-corrected chi connectivity index (χ3v) is 2.38. The van der Waals surface area contributed by atoms with Crippen molar-refractivity contribution >= 4 is 12.4 Å². The van der Waals surface area contributed by atoms with E-state index in [0.29, 0.717) is 0 Å². The molecule has 1 nitrogen and oxygen atoms in total. The van der Waals surface area contributed by atoms with E-state index in [0.717, 1.165) is 16.7 Å². The smallest absolute Gasteiger partial charge is 0.225 e. The molecule has 0 heterocycles. The summed E-state index contributed by atoms with van der Waals surface area (Å²) in [5.74, 6) is 0. The molecular weight excluding hydrogens is 196 g/mol. The molecular formula is C15H11O. The number of hydrogen-bond acceptors (Lipinski definition) is 1. The van der Waals surface area contributed by atoms with Crippen LogP contribution in [0.4, 0.5) is 0 Å². The van der Waals surface area contributed by atoms with Crippen molar-refractivity contribution in [1.82, 2.24) is 0 Å². The molecule has 2 aromatic rings. The predicted molar refractivity (Wildman–Crippen MR) is 66.6 cm³/mol. The SMILES string of the molecule is O=[C]C=Cc1ccccc1-c1ccccc1. The van der Waals surface area contributed by atoms with Gasteiger partial charge in [0.05, 0.1) is 0 Å². The van der Waals surface area contributed by atoms with Crippen molar-refractivity contribution in [2.24, 2.45) is 0 Å². The number of hydrogen-bond donors (Lipinski definition) is 0. The number of carbonyl (C=O) groups excluding carboxylic acids is 1. The maximum absolute atomic E-state index is 10.2. The third-order valence-electron chi connectivity index (χ3n) is 2.38. The standard InChI is InChI=1S/C15H11O/c16-12-6-10-14-9-4-5-11-15(14)13-7-2-1-3-8-13/h1-11H. The molecule has 0 saturated heterocycles. The van der Waals surface area contributed by atoms with Gasteiger partial charge in [0, 0.05) is 0 Å². The Balaban J connectivity index is 2.48. The molecule has 0 aliphatic carbocycles. The van der Waals surface area contributed by atoms with Crippen LogP contribution < -0.4 is 0 Å². The summed E-state index contributed by atoms with van der Waals surface area (Å²) >= 11 is 0. The second kappa shape index (κ2) is 5.08. The lowest BCUT2D eigenvalue weighted by atomic mass is 9.99. The van der Waals surface area contributed by atoms with Crippen molar-refractivity contribution in [2.45, 2.75) is 0 Å². The van der Waals surface area contributed by atoms with Crippen LogP contribution in [0.2, 0.25) is 0 Å². The van der Waals surface area contributed by atoms with Crippen LogP contribution in [0.5, 0.6) is 0 Å². The molecule has 0 aliphatic rings. The number of rotatable bonds is 3. The predicted octanol–water partition coefficient (Wildman–Crippen LogP) is 3.48. The van der Waals surface area contributed by atoms with Gasteiger partial charge < -0.3 is 0 Å². The first kappa shape index (κ1) is 10.4. The first-order chi connectivity index (χ1) is 7.92. The molecule has 77 valence electrons. The highest BCUT2D eigenvalue weighted by atomic mass is 16.1. The van der Waals surface area contributed by atoms with Crippen molar-refractivity contribution in [3.63, 3.8) is 0 Å². The van der Waals surface area contributed by atoms with E-state index in [1.165, 1.54) is 6.08 Å². The molecule has 16 heavy (non-hydrogen) atoms. The van der Waals surface area contributed by atoms with Crippen LogP contribution in [0.25, 0.3) is 17.2 Å². The van der Waals surface area contributed by atoms with Gasteiger partial charge in [-0.25, -0.2) is 0 Å². The van der Waals surface area contributed by atoms with E-state index < -0.39 is 0 Å². The fourth-order valence-corrected chi connectivity index (χ4v) is 1.65. The molecule has 1 heteroatoms. The van der Waals surface area contributed by atoms with Gasteiger partial charge >= 0.3 is 0 Å². The molecule has 0 spiro atoms. The minimum absolute atomic E-state index is 1.03. The maximum atomic E-state index is 10.2. The topological polar surface area (TPSA) is 17.1 Å². The molecule has 2 rings (SSSR count). The Morgan fingerprint density at radius 2 is 1.56 bits per heavy atom. The summed E-state index contributed by atoms with van der Waals surface area (Å²) in [7, 11) is 0. The van der Waals surface area contributed by atoms with E-state index in [1.54, 1.807) is 12.4 Å². The summed E-state index contributed by atoms with van der Waals surface area (Å²) < 4.78 is 0. The van der Waals surface area contributed by atoms with Crippen molar-refractivity contribution in [3.05, 3.63) is 66.2 Å². The van der Waals surface area contributed by atoms with Gasteiger partial charge in [0.15, 0.2) is 0 Å². The molecule has 0 aliphatic heterocycles. The summed E-state index contributed by atoms with van der Waals surface area (Å²) in [6.07, 6.45) is 4.93. The van der Waals surface area contributed by atoms with Gasteiger partial charge in [0.25, 0.3) is 0 Å². The van der Waals surface area contributed by atoms with Crippen LogP contribution in [0.1, 0.15) is 5.56 Å². The highest BCUT2D eigenvalue weighted by molar-refractivity contribution is 5.81. The van der Waals surface area contributed by atoms with Crippen LogP contribution in [-0.2, 0) is 4.79 Å². The maximum Gasteiger partial charge on any atom is 0.225 e. The lowest BCUT2D eigenvalue weighted by Crippen LogP contribution is -1.82. The van der Waals surface area contributed by atoms with E-state index in [4.69, 9.17) is 0 Å². The fourth-order valence-electron chi connectivity index (χ4n) is 1.65. The Kier molecular flexibility index (Phi) is 3.29. The van der Waals surface area contributed by atoms with Crippen LogP contribution in [0, 0.1) is 0 Å². The van der Waals surface area contributed by atoms with E-state index >= 15 is 0 Å². The minimum atomic E-state index is 1.03. The largest absolute Gasteiger partial charge is 0.286 e. The zero-order chi connectivity index (χ0) is 11.2. The molecule has 0 fully saturated rings. The number of benzene rings is 2. The zero-order valence-electron chi connectivity index (χ0n) is 8.76.